The van der Waals surface area contributed by atoms with Crippen molar-refractivity contribution in [2.45, 2.75) is 25.8 Å². The zero-order chi connectivity index (χ0) is 14.4. The van der Waals surface area contributed by atoms with Crippen LogP contribution in [0.1, 0.15) is 30.5 Å². The molecule has 106 valence electrons. The van der Waals surface area contributed by atoms with Crippen LogP contribution in [0.15, 0.2) is 47.2 Å². The highest BCUT2D eigenvalue weighted by Gasteiger charge is 2.13. The molecule has 0 fully saturated rings. The molecule has 1 unspecified atom stereocenters. The summed E-state index contributed by atoms with van der Waals surface area (Å²) < 4.78 is 14.0. The lowest BCUT2D eigenvalue weighted by molar-refractivity contribution is 0.526. The molecule has 0 saturated carbocycles. The average Bonchev–Trinajstić information content (AvgIpc) is 2.46. The third-order valence-electron chi connectivity index (χ3n) is 3.17. The van der Waals surface area contributed by atoms with Crippen LogP contribution in [0.2, 0.25) is 0 Å². The largest absolute Gasteiger partial charge is 0.310 e. The van der Waals surface area contributed by atoms with Gasteiger partial charge in [-0.3, -0.25) is 4.98 Å². The van der Waals surface area contributed by atoms with Crippen LogP contribution in [0.3, 0.4) is 0 Å². The number of hydrogen-bond acceptors (Lipinski definition) is 2. The number of nitrogens with one attached hydrogen (secondary N) is 1. The SMILES string of the molecule is CCCNC(Cc1ccc(F)cc1Br)c1cccnc1. The van der Waals surface area contributed by atoms with Gasteiger partial charge in [-0.25, -0.2) is 4.39 Å². The van der Waals surface area contributed by atoms with Gasteiger partial charge in [-0.1, -0.05) is 35.0 Å². The quantitative estimate of drug-likeness (QED) is 0.852. The summed E-state index contributed by atoms with van der Waals surface area (Å²) in [4.78, 5) is 4.18. The molecule has 0 aliphatic heterocycles. The fraction of sp³-hybridized carbons (Fsp3) is 0.312. The Morgan fingerprint density at radius 1 is 1.35 bits per heavy atom. The van der Waals surface area contributed by atoms with E-state index in [0.29, 0.717) is 0 Å². The molecule has 0 saturated heterocycles. The van der Waals surface area contributed by atoms with Crippen molar-refractivity contribution in [1.82, 2.24) is 10.3 Å². The van der Waals surface area contributed by atoms with E-state index in [1.54, 1.807) is 6.20 Å². The fourth-order valence-corrected chi connectivity index (χ4v) is 2.63. The van der Waals surface area contributed by atoms with E-state index in [-0.39, 0.29) is 11.9 Å². The van der Waals surface area contributed by atoms with Crippen LogP contribution in [0.5, 0.6) is 0 Å². The van der Waals surface area contributed by atoms with Crippen molar-refractivity contribution < 1.29 is 4.39 Å². The van der Waals surface area contributed by atoms with Crippen LogP contribution in [-0.2, 0) is 6.42 Å². The van der Waals surface area contributed by atoms with Gasteiger partial charge in [0.05, 0.1) is 0 Å². The molecule has 4 heteroatoms. The van der Waals surface area contributed by atoms with Gasteiger partial charge in [0.2, 0.25) is 0 Å². The lowest BCUT2D eigenvalue weighted by Crippen LogP contribution is -2.24. The third kappa shape index (κ3) is 4.12. The van der Waals surface area contributed by atoms with E-state index in [4.69, 9.17) is 0 Å². The number of benzene rings is 1. The molecule has 0 radical (unpaired) electrons. The number of pyridine rings is 1. The number of hydrogen-bond donors (Lipinski definition) is 1. The first kappa shape index (κ1) is 15.1. The first-order valence-corrected chi connectivity index (χ1v) is 7.57. The van der Waals surface area contributed by atoms with Crippen LogP contribution < -0.4 is 5.32 Å². The van der Waals surface area contributed by atoms with Gasteiger partial charge in [-0.05, 0) is 48.7 Å². The minimum absolute atomic E-state index is 0.186. The standard InChI is InChI=1S/C16H18BrFN2/c1-2-7-20-16(13-4-3-8-19-11-13)9-12-5-6-14(18)10-15(12)17/h3-6,8,10-11,16,20H,2,7,9H2,1H3. The summed E-state index contributed by atoms with van der Waals surface area (Å²) in [7, 11) is 0. The predicted octanol–water partition coefficient (Wildman–Crippen LogP) is 4.27. The van der Waals surface area contributed by atoms with Crippen molar-refractivity contribution in [2.24, 2.45) is 0 Å². The molecular weight excluding hydrogens is 319 g/mol. The van der Waals surface area contributed by atoms with Crippen molar-refractivity contribution >= 4 is 15.9 Å². The average molecular weight is 337 g/mol. The van der Waals surface area contributed by atoms with E-state index in [1.807, 2.05) is 18.3 Å². The Kier molecular flexibility index (Phi) is 5.68. The molecule has 0 bridgehead atoms. The molecule has 0 aliphatic carbocycles. The molecule has 2 aromatic rings. The van der Waals surface area contributed by atoms with Crippen molar-refractivity contribution in [3.05, 3.63) is 64.1 Å². The van der Waals surface area contributed by atoms with Gasteiger partial charge in [-0.15, -0.1) is 0 Å². The van der Waals surface area contributed by atoms with Crippen molar-refractivity contribution in [2.75, 3.05) is 6.54 Å². The third-order valence-corrected chi connectivity index (χ3v) is 3.90. The van der Waals surface area contributed by atoms with Crippen molar-refractivity contribution in [3.8, 4) is 0 Å². The molecule has 1 heterocycles. The summed E-state index contributed by atoms with van der Waals surface area (Å²) in [6.45, 7) is 3.08. The number of halogens is 2. The Morgan fingerprint density at radius 3 is 2.85 bits per heavy atom. The Balaban J connectivity index is 2.19. The second-order valence-corrected chi connectivity index (χ2v) is 5.59. The smallest absolute Gasteiger partial charge is 0.124 e. The summed E-state index contributed by atoms with van der Waals surface area (Å²) in [6, 6.07) is 9.03. The molecule has 1 atom stereocenters. The highest BCUT2D eigenvalue weighted by Crippen LogP contribution is 2.24. The number of aromatic nitrogens is 1. The first-order valence-electron chi connectivity index (χ1n) is 6.78. The topological polar surface area (TPSA) is 24.9 Å². The van der Waals surface area contributed by atoms with Crippen LogP contribution in [0, 0.1) is 5.82 Å². The molecular formula is C16H18BrFN2. The van der Waals surface area contributed by atoms with Gasteiger partial charge >= 0.3 is 0 Å². The molecule has 1 aromatic heterocycles. The Morgan fingerprint density at radius 2 is 2.20 bits per heavy atom. The monoisotopic (exact) mass is 336 g/mol. The number of nitrogens with zero attached hydrogens (tertiary/aromatic N) is 1. The summed E-state index contributed by atoms with van der Waals surface area (Å²) >= 11 is 3.43. The first-order chi connectivity index (χ1) is 9.70. The summed E-state index contributed by atoms with van der Waals surface area (Å²) in [5, 5.41) is 3.52. The molecule has 20 heavy (non-hydrogen) atoms. The molecule has 1 aromatic carbocycles. The van der Waals surface area contributed by atoms with E-state index < -0.39 is 0 Å². The van der Waals surface area contributed by atoms with Crippen LogP contribution >= 0.6 is 15.9 Å². The van der Waals surface area contributed by atoms with Crippen LogP contribution in [-0.4, -0.2) is 11.5 Å². The van der Waals surface area contributed by atoms with E-state index in [9.17, 15) is 4.39 Å². The van der Waals surface area contributed by atoms with Gasteiger partial charge < -0.3 is 5.32 Å². The van der Waals surface area contributed by atoms with Gasteiger partial charge in [-0.2, -0.15) is 0 Å². The van der Waals surface area contributed by atoms with Gasteiger partial charge in [0, 0.05) is 22.9 Å². The molecule has 0 spiro atoms. The fourth-order valence-electron chi connectivity index (χ4n) is 2.12. The van der Waals surface area contributed by atoms with Crippen LogP contribution in [0.25, 0.3) is 0 Å². The number of rotatable bonds is 6. The van der Waals surface area contributed by atoms with E-state index in [1.165, 1.54) is 12.1 Å². The zero-order valence-corrected chi connectivity index (χ0v) is 13.0. The van der Waals surface area contributed by atoms with Gasteiger partial charge in [0.15, 0.2) is 0 Å². The van der Waals surface area contributed by atoms with Crippen molar-refractivity contribution in [3.63, 3.8) is 0 Å². The molecule has 0 amide bonds. The molecule has 2 rings (SSSR count). The Labute approximate surface area is 127 Å². The minimum atomic E-state index is -0.222. The maximum atomic E-state index is 13.2. The Hall–Kier alpha value is -1.26. The molecule has 1 N–H and O–H groups in total. The maximum absolute atomic E-state index is 13.2. The Bertz CT molecular complexity index is 545. The summed E-state index contributed by atoms with van der Waals surface area (Å²) in [5.41, 5.74) is 2.24. The van der Waals surface area contributed by atoms with E-state index >= 15 is 0 Å². The lowest BCUT2D eigenvalue weighted by Gasteiger charge is -2.19. The van der Waals surface area contributed by atoms with Crippen molar-refractivity contribution in [1.29, 1.82) is 0 Å². The summed E-state index contributed by atoms with van der Waals surface area (Å²) in [6.07, 6.45) is 5.52. The van der Waals surface area contributed by atoms with Crippen LogP contribution in [0.4, 0.5) is 4.39 Å². The highest BCUT2D eigenvalue weighted by molar-refractivity contribution is 9.10. The lowest BCUT2D eigenvalue weighted by atomic mass is 10.00. The van der Waals surface area contributed by atoms with Gasteiger partial charge in [0.25, 0.3) is 0 Å². The maximum Gasteiger partial charge on any atom is 0.124 e. The van der Waals surface area contributed by atoms with E-state index in [2.05, 4.69) is 39.2 Å². The normalized spacial score (nSPS) is 12.3. The molecule has 0 aliphatic rings. The van der Waals surface area contributed by atoms with E-state index in [0.717, 1.165) is 35.0 Å². The molecule has 2 nitrogen and oxygen atoms in total. The predicted molar refractivity (Wildman–Crippen MR) is 83.1 cm³/mol. The zero-order valence-electron chi connectivity index (χ0n) is 11.4. The van der Waals surface area contributed by atoms with Gasteiger partial charge in [0.1, 0.15) is 5.82 Å². The summed E-state index contributed by atoms with van der Waals surface area (Å²) in [5.74, 6) is -0.222. The highest BCUT2D eigenvalue weighted by atomic mass is 79.9. The second-order valence-electron chi connectivity index (χ2n) is 4.73. The second kappa shape index (κ2) is 7.50. The minimum Gasteiger partial charge on any atom is -0.310 e.